The molecule has 0 atom stereocenters. The highest BCUT2D eigenvalue weighted by molar-refractivity contribution is 7.95. The molecule has 1 rings (SSSR count). The van der Waals surface area contributed by atoms with Gasteiger partial charge in [0.15, 0.2) is 9.84 Å². The fraction of sp³-hybridized carbons (Fsp3) is 0.308. The summed E-state index contributed by atoms with van der Waals surface area (Å²) in [5.74, 6) is -0.596. The zero-order valence-corrected chi connectivity index (χ0v) is 12.8. The van der Waals surface area contributed by atoms with Crippen LogP contribution in [0.4, 0.5) is 0 Å². The van der Waals surface area contributed by atoms with Crippen LogP contribution in [0.2, 0.25) is 5.02 Å². The van der Waals surface area contributed by atoms with E-state index in [1.54, 1.807) is 26.2 Å². The first-order valence-electron chi connectivity index (χ1n) is 5.52. The lowest BCUT2D eigenvalue weighted by Crippen LogP contribution is -2.17. The number of carbonyl (C=O) groups excluding carboxylic acids is 1. The van der Waals surface area contributed by atoms with Gasteiger partial charge in [0.2, 0.25) is 5.78 Å². The number of Topliss-reactive ketones (excluding diaryl/α,β-unsaturated/α-hetero) is 1. The maximum absolute atomic E-state index is 12.3. The van der Waals surface area contributed by atoms with Gasteiger partial charge in [-0.15, -0.1) is 0 Å². The second-order valence-electron chi connectivity index (χ2n) is 4.54. The van der Waals surface area contributed by atoms with Gasteiger partial charge in [0.25, 0.3) is 0 Å². The average molecular weight is 302 g/mol. The van der Waals surface area contributed by atoms with Crippen LogP contribution in [-0.4, -0.2) is 39.5 Å². The number of allylic oxidation sites excluding steroid dienone is 1. The minimum absolute atomic E-state index is 0.186. The van der Waals surface area contributed by atoms with Crippen molar-refractivity contribution in [3.05, 3.63) is 45.5 Å². The molecule has 19 heavy (non-hydrogen) atoms. The molecule has 0 saturated carbocycles. The summed E-state index contributed by atoms with van der Waals surface area (Å²) in [4.78, 5) is 13.5. The van der Waals surface area contributed by atoms with Crippen LogP contribution in [0.1, 0.15) is 15.9 Å². The normalized spacial score (nSPS) is 12.4. The number of ketones is 1. The molecule has 0 fully saturated rings. The van der Waals surface area contributed by atoms with Gasteiger partial charge in [-0.2, -0.15) is 0 Å². The van der Waals surface area contributed by atoms with E-state index in [0.717, 1.165) is 11.8 Å². The molecular formula is C13H16ClNO3S. The third kappa shape index (κ3) is 4.08. The van der Waals surface area contributed by atoms with Crippen molar-refractivity contribution < 1.29 is 13.2 Å². The molecular weight excluding hydrogens is 286 g/mol. The van der Waals surface area contributed by atoms with Crippen molar-refractivity contribution >= 4 is 27.2 Å². The Bertz CT molecular complexity index is 633. The first-order chi connectivity index (χ1) is 8.62. The topological polar surface area (TPSA) is 54.5 Å². The number of rotatable bonds is 4. The monoisotopic (exact) mass is 301 g/mol. The molecule has 1 aromatic rings. The molecule has 0 aromatic heterocycles. The Morgan fingerprint density at radius 2 is 1.89 bits per heavy atom. The lowest BCUT2D eigenvalue weighted by molar-refractivity contribution is 0.104. The molecule has 6 heteroatoms. The number of carbonyl (C=O) groups is 1. The Labute approximate surface area is 118 Å². The molecule has 104 valence electrons. The molecule has 0 heterocycles. The highest BCUT2D eigenvalue weighted by Gasteiger charge is 2.24. The Morgan fingerprint density at radius 3 is 2.32 bits per heavy atom. The third-order valence-electron chi connectivity index (χ3n) is 2.37. The van der Waals surface area contributed by atoms with Crippen LogP contribution in [0.5, 0.6) is 0 Å². The number of hydrogen-bond acceptors (Lipinski definition) is 4. The standard InChI is InChI=1S/C13H16ClNO3S/c1-9-5-6-10(11(14)7-9)13(16)12(8-15(2)3)19(4,17)18/h5-8H,1-4H3/b12-8-. The van der Waals surface area contributed by atoms with E-state index >= 15 is 0 Å². The van der Waals surface area contributed by atoms with Gasteiger partial charge in [-0.25, -0.2) is 8.42 Å². The number of sulfone groups is 1. The number of hydrogen-bond donors (Lipinski definition) is 0. The van der Waals surface area contributed by atoms with Gasteiger partial charge in [0, 0.05) is 32.1 Å². The van der Waals surface area contributed by atoms with E-state index in [-0.39, 0.29) is 15.5 Å². The van der Waals surface area contributed by atoms with Crippen LogP contribution in [0.3, 0.4) is 0 Å². The fourth-order valence-electron chi connectivity index (χ4n) is 1.49. The molecule has 0 aliphatic heterocycles. The molecule has 0 N–H and O–H groups in total. The van der Waals surface area contributed by atoms with Crippen LogP contribution >= 0.6 is 11.6 Å². The van der Waals surface area contributed by atoms with E-state index in [1.807, 2.05) is 6.92 Å². The van der Waals surface area contributed by atoms with E-state index in [2.05, 4.69) is 0 Å². The molecule has 0 bridgehead atoms. The summed E-state index contributed by atoms with van der Waals surface area (Å²) in [6.45, 7) is 1.84. The van der Waals surface area contributed by atoms with Crippen molar-refractivity contribution in [2.75, 3.05) is 20.4 Å². The van der Waals surface area contributed by atoms with Crippen molar-refractivity contribution in [2.24, 2.45) is 0 Å². The van der Waals surface area contributed by atoms with E-state index in [0.29, 0.717) is 0 Å². The van der Waals surface area contributed by atoms with Gasteiger partial charge in [0.1, 0.15) is 4.91 Å². The van der Waals surface area contributed by atoms with Crippen molar-refractivity contribution in [3.63, 3.8) is 0 Å². The van der Waals surface area contributed by atoms with Crippen molar-refractivity contribution in [1.82, 2.24) is 4.90 Å². The molecule has 0 spiro atoms. The lowest BCUT2D eigenvalue weighted by atomic mass is 10.1. The summed E-state index contributed by atoms with van der Waals surface area (Å²) in [5, 5.41) is 0.248. The van der Waals surface area contributed by atoms with E-state index in [9.17, 15) is 13.2 Å². The summed E-state index contributed by atoms with van der Waals surface area (Å²) in [5.41, 5.74) is 1.09. The van der Waals surface area contributed by atoms with Crippen molar-refractivity contribution in [3.8, 4) is 0 Å². The summed E-state index contributed by atoms with van der Waals surface area (Å²) >= 11 is 6.00. The minimum atomic E-state index is -3.62. The first kappa shape index (κ1) is 15.7. The SMILES string of the molecule is Cc1ccc(C(=O)/C(=C/N(C)C)S(C)(=O)=O)c(Cl)c1. The minimum Gasteiger partial charge on any atom is -0.382 e. The Kier molecular flexibility index (Phi) is 4.76. The summed E-state index contributed by atoms with van der Waals surface area (Å²) in [6, 6.07) is 4.88. The Morgan fingerprint density at radius 1 is 1.32 bits per heavy atom. The molecule has 0 saturated heterocycles. The van der Waals surface area contributed by atoms with Gasteiger partial charge >= 0.3 is 0 Å². The van der Waals surface area contributed by atoms with Crippen LogP contribution in [0, 0.1) is 6.92 Å². The lowest BCUT2D eigenvalue weighted by Gasteiger charge is -2.11. The largest absolute Gasteiger partial charge is 0.382 e. The highest BCUT2D eigenvalue weighted by Crippen LogP contribution is 2.22. The molecule has 0 aliphatic rings. The van der Waals surface area contributed by atoms with Crippen LogP contribution in [0.25, 0.3) is 0 Å². The molecule has 1 aromatic carbocycles. The second-order valence-corrected chi connectivity index (χ2v) is 6.93. The predicted octanol–water partition coefficient (Wildman–Crippen LogP) is 2.28. The van der Waals surface area contributed by atoms with E-state index < -0.39 is 15.6 Å². The summed E-state index contributed by atoms with van der Waals surface area (Å²) < 4.78 is 23.4. The molecule has 0 amide bonds. The van der Waals surface area contributed by atoms with Crippen molar-refractivity contribution in [2.45, 2.75) is 6.92 Å². The van der Waals surface area contributed by atoms with Gasteiger partial charge in [-0.05, 0) is 24.6 Å². The predicted molar refractivity (Wildman–Crippen MR) is 77.1 cm³/mol. The zero-order chi connectivity index (χ0) is 14.8. The zero-order valence-electron chi connectivity index (χ0n) is 11.3. The molecule has 0 radical (unpaired) electrons. The fourth-order valence-corrected chi connectivity index (χ4v) is 2.66. The van der Waals surface area contributed by atoms with Crippen LogP contribution < -0.4 is 0 Å². The van der Waals surface area contributed by atoms with Crippen LogP contribution in [-0.2, 0) is 9.84 Å². The Hall–Kier alpha value is -1.33. The summed E-state index contributed by atoms with van der Waals surface area (Å²) in [7, 11) is -0.327. The third-order valence-corrected chi connectivity index (χ3v) is 3.77. The van der Waals surface area contributed by atoms with Gasteiger partial charge in [-0.3, -0.25) is 4.79 Å². The van der Waals surface area contributed by atoms with Gasteiger partial charge in [0.05, 0.1) is 5.02 Å². The number of benzene rings is 1. The number of halogens is 1. The van der Waals surface area contributed by atoms with Gasteiger partial charge in [-0.1, -0.05) is 17.7 Å². The maximum atomic E-state index is 12.3. The maximum Gasteiger partial charge on any atom is 0.207 e. The average Bonchev–Trinajstić information content (AvgIpc) is 2.23. The number of nitrogens with zero attached hydrogens (tertiary/aromatic N) is 1. The second kappa shape index (κ2) is 5.75. The molecule has 0 unspecified atom stereocenters. The van der Waals surface area contributed by atoms with E-state index in [4.69, 9.17) is 11.6 Å². The van der Waals surface area contributed by atoms with Gasteiger partial charge < -0.3 is 4.90 Å². The smallest absolute Gasteiger partial charge is 0.207 e. The summed E-state index contributed by atoms with van der Waals surface area (Å²) in [6.07, 6.45) is 2.29. The highest BCUT2D eigenvalue weighted by atomic mass is 35.5. The quantitative estimate of drug-likeness (QED) is 0.632. The van der Waals surface area contributed by atoms with Crippen molar-refractivity contribution in [1.29, 1.82) is 0 Å². The Balaban J connectivity index is 3.37. The van der Waals surface area contributed by atoms with E-state index in [1.165, 1.54) is 17.2 Å². The van der Waals surface area contributed by atoms with Crippen LogP contribution in [0.15, 0.2) is 29.3 Å². The number of aryl methyl sites for hydroxylation is 1. The molecule has 4 nitrogen and oxygen atoms in total. The molecule has 0 aliphatic carbocycles. The first-order valence-corrected chi connectivity index (χ1v) is 7.79.